The lowest BCUT2D eigenvalue weighted by molar-refractivity contribution is 0.137. The van der Waals surface area contributed by atoms with Gasteiger partial charge < -0.3 is 10.2 Å². The second-order valence-corrected chi connectivity index (χ2v) is 4.12. The highest BCUT2D eigenvalue weighted by molar-refractivity contribution is 5.80. The zero-order valence-electron chi connectivity index (χ0n) is 11.8. The van der Waals surface area contributed by atoms with Gasteiger partial charge in [-0.1, -0.05) is 78.9 Å². The van der Waals surface area contributed by atoms with Gasteiger partial charge in [-0.25, -0.2) is 4.79 Å². The topological polar surface area (TPSA) is 57.5 Å². The summed E-state index contributed by atoms with van der Waals surface area (Å²) in [6.07, 6.45) is 4.45. The van der Waals surface area contributed by atoms with Crippen LogP contribution < -0.4 is 0 Å². The van der Waals surface area contributed by atoms with Crippen LogP contribution in [0.15, 0.2) is 78.9 Å². The molecule has 2 aromatic rings. The maximum Gasteiger partial charge on any atom is 0.503 e. The van der Waals surface area contributed by atoms with Crippen LogP contribution in [0, 0.1) is 0 Å². The largest absolute Gasteiger partial charge is 0.503 e. The van der Waals surface area contributed by atoms with E-state index >= 15 is 0 Å². The van der Waals surface area contributed by atoms with Crippen molar-refractivity contribution in [1.82, 2.24) is 0 Å². The minimum atomic E-state index is -1.83. The first-order chi connectivity index (χ1) is 10.1. The summed E-state index contributed by atoms with van der Waals surface area (Å²) in [4.78, 5) is 8.56. The van der Waals surface area contributed by atoms with Crippen molar-refractivity contribution in [2.75, 3.05) is 0 Å². The van der Waals surface area contributed by atoms with Crippen molar-refractivity contribution in [1.29, 1.82) is 0 Å². The van der Waals surface area contributed by atoms with Crippen LogP contribution in [0.4, 0.5) is 4.79 Å². The number of rotatable bonds is 3. The van der Waals surface area contributed by atoms with E-state index in [1.807, 2.05) is 25.1 Å². The average molecular weight is 282 g/mol. The number of benzene rings is 2. The minimum Gasteiger partial charge on any atom is -0.450 e. The summed E-state index contributed by atoms with van der Waals surface area (Å²) in [7, 11) is 0. The van der Waals surface area contributed by atoms with E-state index in [0.717, 1.165) is 0 Å². The van der Waals surface area contributed by atoms with Gasteiger partial charge in [-0.15, -0.1) is 0 Å². The van der Waals surface area contributed by atoms with E-state index in [0.29, 0.717) is 0 Å². The van der Waals surface area contributed by atoms with E-state index in [2.05, 4.69) is 60.7 Å². The Morgan fingerprint density at radius 3 is 1.57 bits per heavy atom. The van der Waals surface area contributed by atoms with Gasteiger partial charge in [0.15, 0.2) is 0 Å². The zero-order chi connectivity index (χ0) is 15.5. The first kappa shape index (κ1) is 16.2. The molecule has 2 rings (SSSR count). The molecule has 3 heteroatoms. The summed E-state index contributed by atoms with van der Waals surface area (Å²) in [6, 6.07) is 20.9. The van der Waals surface area contributed by atoms with E-state index in [9.17, 15) is 0 Å². The van der Waals surface area contributed by atoms with Gasteiger partial charge in [0.05, 0.1) is 0 Å². The van der Waals surface area contributed by atoms with Crippen LogP contribution in [0.25, 0.3) is 5.57 Å². The van der Waals surface area contributed by atoms with Crippen molar-refractivity contribution in [2.24, 2.45) is 0 Å². The predicted octanol–water partition coefficient (Wildman–Crippen LogP) is 4.92. The summed E-state index contributed by atoms with van der Waals surface area (Å²) >= 11 is 0. The van der Waals surface area contributed by atoms with E-state index < -0.39 is 6.16 Å². The molecule has 0 saturated heterocycles. The molecule has 0 aliphatic carbocycles. The first-order valence-electron chi connectivity index (χ1n) is 6.51. The lowest BCUT2D eigenvalue weighted by atomic mass is 9.97. The Hall–Kier alpha value is -2.81. The highest BCUT2D eigenvalue weighted by Gasteiger charge is 2.02. The molecule has 2 N–H and O–H groups in total. The van der Waals surface area contributed by atoms with Gasteiger partial charge in [-0.3, -0.25) is 0 Å². The summed E-state index contributed by atoms with van der Waals surface area (Å²) < 4.78 is 0. The lowest BCUT2D eigenvalue weighted by Crippen LogP contribution is -1.86. The average Bonchev–Trinajstić information content (AvgIpc) is 2.49. The second-order valence-electron chi connectivity index (χ2n) is 4.12. The number of hydrogen-bond acceptors (Lipinski definition) is 1. The van der Waals surface area contributed by atoms with Crippen molar-refractivity contribution < 1.29 is 15.0 Å². The Balaban J connectivity index is 0.000000491. The molecule has 0 fully saturated rings. The van der Waals surface area contributed by atoms with Crippen molar-refractivity contribution >= 4 is 11.7 Å². The molecule has 0 heterocycles. The summed E-state index contributed by atoms with van der Waals surface area (Å²) in [5, 5.41) is 13.9. The van der Waals surface area contributed by atoms with Crippen molar-refractivity contribution in [3.05, 3.63) is 90.0 Å². The van der Waals surface area contributed by atoms with Gasteiger partial charge in [-0.05, 0) is 23.6 Å². The molecule has 0 saturated carbocycles. The maximum absolute atomic E-state index is 8.56. The fourth-order valence-electron chi connectivity index (χ4n) is 1.79. The van der Waals surface area contributed by atoms with E-state index in [4.69, 9.17) is 15.0 Å². The molecule has 0 atom stereocenters. The quantitative estimate of drug-likeness (QED) is 0.786. The Labute approximate surface area is 124 Å². The summed E-state index contributed by atoms with van der Waals surface area (Å²) in [6.45, 7) is 2.03. The van der Waals surface area contributed by atoms with Gasteiger partial charge in [0, 0.05) is 0 Å². The highest BCUT2D eigenvalue weighted by atomic mass is 16.6. The van der Waals surface area contributed by atoms with Gasteiger partial charge in [0.1, 0.15) is 0 Å². The maximum atomic E-state index is 8.56. The van der Waals surface area contributed by atoms with E-state index in [1.54, 1.807) is 0 Å². The van der Waals surface area contributed by atoms with Crippen LogP contribution in [0.2, 0.25) is 0 Å². The third kappa shape index (κ3) is 6.25. The molecular weight excluding hydrogens is 264 g/mol. The molecule has 0 radical (unpaired) electrons. The third-order valence-corrected chi connectivity index (χ3v) is 2.62. The summed E-state index contributed by atoms with van der Waals surface area (Å²) in [5.41, 5.74) is 3.75. The fourth-order valence-corrected chi connectivity index (χ4v) is 1.79. The van der Waals surface area contributed by atoms with Gasteiger partial charge >= 0.3 is 6.16 Å². The predicted molar refractivity (Wildman–Crippen MR) is 85.4 cm³/mol. The van der Waals surface area contributed by atoms with Crippen LogP contribution in [-0.2, 0) is 0 Å². The normalized spacial score (nSPS) is 9.57. The monoisotopic (exact) mass is 282 g/mol. The second kappa shape index (κ2) is 9.15. The molecule has 108 valence electrons. The molecule has 21 heavy (non-hydrogen) atoms. The number of hydrogen-bond donors (Lipinski definition) is 2. The molecular formula is C18H18O3. The molecule has 0 bridgehead atoms. The molecule has 2 aromatic carbocycles. The van der Waals surface area contributed by atoms with Gasteiger partial charge in [-0.2, -0.15) is 0 Å². The van der Waals surface area contributed by atoms with E-state index in [-0.39, 0.29) is 0 Å². The Morgan fingerprint density at radius 2 is 1.24 bits per heavy atom. The molecule has 0 aromatic heterocycles. The molecule has 3 nitrogen and oxygen atoms in total. The Morgan fingerprint density at radius 1 is 0.857 bits per heavy atom. The fraction of sp³-hybridized carbons (Fsp3) is 0.0556. The van der Waals surface area contributed by atoms with Crippen molar-refractivity contribution in [3.63, 3.8) is 0 Å². The zero-order valence-corrected chi connectivity index (χ0v) is 11.8. The molecule has 0 amide bonds. The standard InChI is InChI=1S/C17H16.CH2O3/c1-2-3-14-17(15-10-6-4-7-11-15)16-12-8-5-9-13-16;2-1(3)4/h2-14H,1H3;(H2,2,3,4)/b3-2-;. The third-order valence-electron chi connectivity index (χ3n) is 2.62. The highest BCUT2D eigenvalue weighted by Crippen LogP contribution is 2.22. The lowest BCUT2D eigenvalue weighted by Gasteiger charge is -2.07. The van der Waals surface area contributed by atoms with Crippen LogP contribution in [0.1, 0.15) is 18.1 Å². The first-order valence-corrected chi connectivity index (χ1v) is 6.51. The van der Waals surface area contributed by atoms with Crippen molar-refractivity contribution in [3.8, 4) is 0 Å². The molecule has 0 aliphatic heterocycles. The minimum absolute atomic E-state index is 1.25. The van der Waals surface area contributed by atoms with Crippen molar-refractivity contribution in [2.45, 2.75) is 6.92 Å². The molecule has 0 unspecified atom stereocenters. The SMILES string of the molecule is C/C=C\C=C(c1ccccc1)c1ccccc1.O=C(O)O. The number of allylic oxidation sites excluding steroid dienone is 3. The molecule has 0 spiro atoms. The van der Waals surface area contributed by atoms with Crippen LogP contribution in [0.3, 0.4) is 0 Å². The Kier molecular flexibility index (Phi) is 7.08. The Bertz CT molecular complexity index is 553. The number of carbonyl (C=O) groups is 1. The van der Waals surface area contributed by atoms with Gasteiger partial charge in [0.25, 0.3) is 0 Å². The van der Waals surface area contributed by atoms with Crippen LogP contribution >= 0.6 is 0 Å². The number of carboxylic acid groups (broad SMARTS) is 2. The van der Waals surface area contributed by atoms with Crippen LogP contribution in [0.5, 0.6) is 0 Å². The van der Waals surface area contributed by atoms with E-state index in [1.165, 1.54) is 16.7 Å². The summed E-state index contributed by atoms with van der Waals surface area (Å²) in [5.74, 6) is 0. The molecule has 0 aliphatic rings. The smallest absolute Gasteiger partial charge is 0.450 e. The van der Waals surface area contributed by atoms with Gasteiger partial charge in [0.2, 0.25) is 0 Å². The van der Waals surface area contributed by atoms with Crippen LogP contribution in [-0.4, -0.2) is 16.4 Å².